The molecule has 9 heteroatoms. The summed E-state index contributed by atoms with van der Waals surface area (Å²) in [5.41, 5.74) is -6.45. The van der Waals surface area contributed by atoms with E-state index in [1.807, 2.05) is 30.3 Å². The lowest BCUT2D eigenvalue weighted by atomic mass is 9.40. The Balaban J connectivity index is 1.72. The maximum Gasteiger partial charge on any atom is 0.203 e. The molecule has 6 atom stereocenters. The van der Waals surface area contributed by atoms with Crippen LogP contribution in [-0.2, 0) is 32.0 Å². The first-order chi connectivity index (χ1) is 20.5. The molecule has 0 heterocycles. The molecular formula is C35H38O9. The number of rotatable bonds is 6. The van der Waals surface area contributed by atoms with E-state index in [1.165, 1.54) is 13.8 Å². The van der Waals surface area contributed by atoms with E-state index >= 15 is 0 Å². The number of hydrogen-bond acceptors (Lipinski definition) is 9. The van der Waals surface area contributed by atoms with Crippen molar-refractivity contribution < 1.29 is 44.7 Å². The Hall–Kier alpha value is -4.08. The molecule has 44 heavy (non-hydrogen) atoms. The third-order valence-corrected chi connectivity index (χ3v) is 10.5. The van der Waals surface area contributed by atoms with Crippen LogP contribution in [0.15, 0.2) is 59.4 Å². The molecule has 1 fully saturated rings. The number of aliphatic hydroxyl groups excluding tert-OH is 3. The Morgan fingerprint density at radius 2 is 1.57 bits per heavy atom. The van der Waals surface area contributed by atoms with E-state index in [1.54, 1.807) is 32.9 Å². The lowest BCUT2D eigenvalue weighted by Gasteiger charge is -2.63. The summed E-state index contributed by atoms with van der Waals surface area (Å²) >= 11 is 0. The van der Waals surface area contributed by atoms with Gasteiger partial charge in [-0.15, -0.1) is 0 Å². The average molecular weight is 603 g/mol. The van der Waals surface area contributed by atoms with Crippen molar-refractivity contribution in [3.63, 3.8) is 0 Å². The highest BCUT2D eigenvalue weighted by Crippen LogP contribution is 2.67. The lowest BCUT2D eigenvalue weighted by Crippen LogP contribution is -2.75. The molecule has 232 valence electrons. The highest BCUT2D eigenvalue weighted by molar-refractivity contribution is 6.24. The summed E-state index contributed by atoms with van der Waals surface area (Å²) < 4.78 is 0. The van der Waals surface area contributed by atoms with E-state index < -0.39 is 86.1 Å². The standard InChI is InChI=1S/C35H38O9/c1-16(2)25-28(39)23(18(4)36)30(41)35(44)31(42)26-29(40)24-22(17(3)33(26,5)32(43)34(25,35)6)13-12-20(27(24)38)15-21(37)14-19-10-8-7-9-11-19/h7-13,16-17,25,32,38,40-41,43-44H,14-15H2,1-6H3/t17-,25?,32-,33+,34+,35+/m1/s1. The van der Waals surface area contributed by atoms with Crippen molar-refractivity contribution >= 4 is 28.9 Å². The molecule has 1 unspecified atom stereocenters. The lowest BCUT2D eigenvalue weighted by molar-refractivity contribution is -0.215. The van der Waals surface area contributed by atoms with Crippen LogP contribution in [0.25, 0.3) is 5.76 Å². The minimum Gasteiger partial charge on any atom is -0.508 e. The number of phenols is 1. The number of phenolic OH excluding ortho intramolecular Hbond substituents is 1. The van der Waals surface area contributed by atoms with Crippen LogP contribution in [0.3, 0.4) is 0 Å². The van der Waals surface area contributed by atoms with Gasteiger partial charge >= 0.3 is 0 Å². The topological polar surface area (TPSA) is 169 Å². The molecular weight excluding hydrogens is 564 g/mol. The van der Waals surface area contributed by atoms with Crippen LogP contribution in [0.4, 0.5) is 0 Å². The van der Waals surface area contributed by atoms with Gasteiger partial charge < -0.3 is 25.5 Å². The van der Waals surface area contributed by atoms with Gasteiger partial charge in [0.2, 0.25) is 5.78 Å². The molecule has 9 nitrogen and oxygen atoms in total. The normalized spacial score (nSPS) is 31.5. The van der Waals surface area contributed by atoms with Gasteiger partial charge in [0, 0.05) is 35.2 Å². The van der Waals surface area contributed by atoms with Crippen LogP contribution in [0, 0.1) is 22.7 Å². The summed E-state index contributed by atoms with van der Waals surface area (Å²) in [6.45, 7) is 8.95. The summed E-state index contributed by atoms with van der Waals surface area (Å²) in [5.74, 6) is -7.89. The highest BCUT2D eigenvalue weighted by Gasteiger charge is 2.77. The number of aliphatic hydroxyl groups is 4. The SMILES string of the molecule is CC(=O)C1=C(O)[C@]2(O)C(=O)C3=C(O)c4c(ccc(CC(=O)Cc5ccccc5)c4O)[C@@H](C)[C@]3(C)[C@@H](O)[C@]2(C)C(C(C)C)C1=O. The van der Waals surface area contributed by atoms with Gasteiger partial charge in [-0.3, -0.25) is 19.2 Å². The molecule has 3 aliphatic carbocycles. The molecule has 2 aromatic rings. The fourth-order valence-corrected chi connectivity index (χ4v) is 8.21. The number of fused-ring (bicyclic) bond motifs is 3. The first-order valence-corrected chi connectivity index (χ1v) is 14.8. The van der Waals surface area contributed by atoms with Crippen molar-refractivity contribution in [1.29, 1.82) is 0 Å². The molecule has 0 amide bonds. The number of carbonyl (C=O) groups is 4. The van der Waals surface area contributed by atoms with E-state index in [0.717, 1.165) is 12.5 Å². The van der Waals surface area contributed by atoms with Crippen molar-refractivity contribution in [1.82, 2.24) is 0 Å². The molecule has 2 aromatic carbocycles. The fourth-order valence-electron chi connectivity index (χ4n) is 8.21. The van der Waals surface area contributed by atoms with Crippen molar-refractivity contribution in [3.8, 4) is 5.75 Å². The third kappa shape index (κ3) is 3.85. The van der Waals surface area contributed by atoms with Gasteiger partial charge in [-0.05, 0) is 29.9 Å². The fraction of sp³-hybridized carbons (Fsp3) is 0.429. The molecule has 0 aliphatic heterocycles. The maximum atomic E-state index is 14.5. The first kappa shape index (κ1) is 31.3. The first-order valence-electron chi connectivity index (χ1n) is 14.8. The number of hydrogen-bond donors (Lipinski definition) is 5. The van der Waals surface area contributed by atoms with Gasteiger partial charge in [-0.25, -0.2) is 0 Å². The van der Waals surface area contributed by atoms with E-state index in [-0.39, 0.29) is 29.8 Å². The van der Waals surface area contributed by atoms with E-state index in [9.17, 15) is 44.7 Å². The largest absolute Gasteiger partial charge is 0.508 e. The Morgan fingerprint density at radius 1 is 0.955 bits per heavy atom. The monoisotopic (exact) mass is 602 g/mol. The second kappa shape index (κ2) is 10.2. The Kier molecular flexibility index (Phi) is 7.30. The van der Waals surface area contributed by atoms with Crippen LogP contribution in [0.1, 0.15) is 69.7 Å². The number of allylic oxidation sites excluding steroid dienone is 1. The van der Waals surface area contributed by atoms with Gasteiger partial charge in [-0.1, -0.05) is 77.1 Å². The molecule has 5 rings (SSSR count). The molecule has 5 N–H and O–H groups in total. The number of ketones is 4. The van der Waals surface area contributed by atoms with Crippen molar-refractivity contribution in [2.45, 2.75) is 72.0 Å². The number of aromatic hydroxyl groups is 1. The Labute approximate surface area is 255 Å². The minimum absolute atomic E-state index is 0.120. The zero-order valence-corrected chi connectivity index (χ0v) is 25.6. The molecule has 0 aromatic heterocycles. The smallest absolute Gasteiger partial charge is 0.203 e. The molecule has 1 saturated carbocycles. The average Bonchev–Trinajstić information content (AvgIpc) is 2.94. The molecule has 3 aliphatic rings. The second-order valence-corrected chi connectivity index (χ2v) is 13.2. The number of benzene rings is 2. The predicted octanol–water partition coefficient (Wildman–Crippen LogP) is 4.08. The Morgan fingerprint density at radius 3 is 2.14 bits per heavy atom. The van der Waals surface area contributed by atoms with Gasteiger partial charge in [0.15, 0.2) is 17.2 Å². The van der Waals surface area contributed by atoms with E-state index in [0.29, 0.717) is 5.56 Å². The van der Waals surface area contributed by atoms with Crippen molar-refractivity contribution in [2.75, 3.05) is 0 Å². The summed E-state index contributed by atoms with van der Waals surface area (Å²) in [5, 5.41) is 58.9. The zero-order chi connectivity index (χ0) is 32.7. The Bertz CT molecular complexity index is 1680. The zero-order valence-electron chi connectivity index (χ0n) is 25.6. The highest BCUT2D eigenvalue weighted by atomic mass is 16.4. The molecule has 0 radical (unpaired) electrons. The summed E-state index contributed by atoms with van der Waals surface area (Å²) in [4.78, 5) is 53.7. The number of carbonyl (C=O) groups excluding carboxylic acids is 4. The molecule has 0 spiro atoms. The summed E-state index contributed by atoms with van der Waals surface area (Å²) in [7, 11) is 0. The predicted molar refractivity (Wildman–Crippen MR) is 161 cm³/mol. The van der Waals surface area contributed by atoms with Crippen LogP contribution in [0.5, 0.6) is 5.75 Å². The van der Waals surface area contributed by atoms with Crippen LogP contribution < -0.4 is 0 Å². The van der Waals surface area contributed by atoms with E-state index in [2.05, 4.69) is 0 Å². The maximum absolute atomic E-state index is 14.5. The van der Waals surface area contributed by atoms with Crippen LogP contribution >= 0.6 is 0 Å². The third-order valence-electron chi connectivity index (χ3n) is 10.5. The van der Waals surface area contributed by atoms with Crippen molar-refractivity contribution in [3.05, 3.63) is 81.6 Å². The van der Waals surface area contributed by atoms with Gasteiger partial charge in [0.05, 0.1) is 17.2 Å². The summed E-state index contributed by atoms with van der Waals surface area (Å²) in [6.07, 6.45) is -1.74. The second-order valence-electron chi connectivity index (χ2n) is 13.2. The van der Waals surface area contributed by atoms with Crippen LogP contribution in [0.2, 0.25) is 0 Å². The minimum atomic E-state index is -2.95. The number of Topliss-reactive ketones (excluding diaryl/α,β-unsaturated/α-hetero) is 4. The van der Waals surface area contributed by atoms with Crippen LogP contribution in [-0.4, -0.2) is 60.4 Å². The van der Waals surface area contributed by atoms with Gasteiger partial charge in [-0.2, -0.15) is 0 Å². The molecule has 0 saturated heterocycles. The van der Waals surface area contributed by atoms with Gasteiger partial charge in [0.1, 0.15) is 28.6 Å². The van der Waals surface area contributed by atoms with E-state index in [4.69, 9.17) is 0 Å². The molecule has 0 bridgehead atoms. The summed E-state index contributed by atoms with van der Waals surface area (Å²) in [6, 6.07) is 12.3. The van der Waals surface area contributed by atoms with Crippen molar-refractivity contribution in [2.24, 2.45) is 22.7 Å². The van der Waals surface area contributed by atoms with Gasteiger partial charge in [0.25, 0.3) is 0 Å². The quantitative estimate of drug-likeness (QED) is 0.306.